The Morgan fingerprint density at radius 1 is 0.763 bits per heavy atom. The minimum Gasteiger partial charge on any atom is -1.00 e. The predicted molar refractivity (Wildman–Crippen MR) is 148 cm³/mol. The Balaban J connectivity index is 0.00000507. The van der Waals surface area contributed by atoms with Crippen LogP contribution in [0.25, 0.3) is 0 Å². The van der Waals surface area contributed by atoms with Gasteiger partial charge in [-0.3, -0.25) is 0 Å². The largest absolute Gasteiger partial charge is 1.00 e. The minimum atomic E-state index is 0. The molecule has 0 aliphatic heterocycles. The van der Waals surface area contributed by atoms with Crippen LogP contribution in [0.15, 0.2) is 46.9 Å². The second-order valence-corrected chi connectivity index (χ2v) is 8.58. The van der Waals surface area contributed by atoms with Crippen molar-refractivity contribution in [2.24, 2.45) is 10.2 Å². The fraction of sp³-hybridized carbons (Fsp3) is 0.370. The zero-order valence-electron chi connectivity index (χ0n) is 23.5. The summed E-state index contributed by atoms with van der Waals surface area (Å²) >= 11 is 0. The van der Waals surface area contributed by atoms with Crippen LogP contribution in [0, 0.1) is 0 Å². The molecule has 1 heterocycles. The van der Waals surface area contributed by atoms with E-state index >= 15 is 0 Å². The van der Waals surface area contributed by atoms with Crippen LogP contribution in [0.5, 0.6) is 23.0 Å². The van der Waals surface area contributed by atoms with Gasteiger partial charge >= 0.3 is 5.82 Å². The molecular formula is C27H37ClN6O4. The lowest BCUT2D eigenvalue weighted by molar-refractivity contribution is -0.685. The summed E-state index contributed by atoms with van der Waals surface area (Å²) < 4.78 is 25.9. The van der Waals surface area contributed by atoms with E-state index in [-0.39, 0.29) is 12.4 Å². The van der Waals surface area contributed by atoms with E-state index in [1.54, 1.807) is 50.2 Å². The van der Waals surface area contributed by atoms with Crippen molar-refractivity contribution in [2.45, 2.75) is 13.3 Å². The first-order valence-corrected chi connectivity index (χ1v) is 11.8. The standard InChI is InChI=1S/C27H37N6O4.ClH/c1-10-25-32(28-17-19-13-21(34-6)26(30(2)3)22(14-19)35-7)11-12-33(25)29-18-20-15-23(36-8)27(31(4)5)24(16-20)37-9;/h11-18H,10H2,1-9H3;1H/q+1;/p-1. The smallest absolute Gasteiger partial charge is 0.307 e. The first-order valence-electron chi connectivity index (χ1n) is 11.8. The average molecular weight is 545 g/mol. The van der Waals surface area contributed by atoms with E-state index in [9.17, 15) is 0 Å². The lowest BCUT2D eigenvalue weighted by atomic mass is 10.1. The van der Waals surface area contributed by atoms with Gasteiger partial charge in [0.15, 0.2) is 12.4 Å². The Morgan fingerprint density at radius 3 is 1.55 bits per heavy atom. The maximum Gasteiger partial charge on any atom is 0.307 e. The van der Waals surface area contributed by atoms with Crippen molar-refractivity contribution in [2.75, 3.05) is 66.4 Å². The zero-order valence-corrected chi connectivity index (χ0v) is 24.3. The topological polar surface area (TPSA) is 76.9 Å². The highest BCUT2D eigenvalue weighted by molar-refractivity contribution is 5.85. The lowest BCUT2D eigenvalue weighted by Crippen LogP contribution is -3.00. The summed E-state index contributed by atoms with van der Waals surface area (Å²) in [7, 11) is 14.4. The highest BCUT2D eigenvalue weighted by Crippen LogP contribution is 2.38. The Morgan fingerprint density at radius 2 is 1.18 bits per heavy atom. The molecule has 0 unspecified atom stereocenters. The molecule has 0 bridgehead atoms. The van der Waals surface area contributed by atoms with Crippen LogP contribution < -0.4 is 45.8 Å². The maximum atomic E-state index is 5.58. The van der Waals surface area contributed by atoms with Gasteiger partial charge in [-0.1, -0.05) is 17.1 Å². The van der Waals surface area contributed by atoms with E-state index in [0.717, 1.165) is 34.7 Å². The first-order chi connectivity index (χ1) is 17.8. The van der Waals surface area contributed by atoms with Crippen LogP contribution >= 0.6 is 0 Å². The summed E-state index contributed by atoms with van der Waals surface area (Å²) in [6.45, 7) is 2.06. The molecule has 0 amide bonds. The number of benzene rings is 2. The summed E-state index contributed by atoms with van der Waals surface area (Å²) in [6.07, 6.45) is 8.00. The molecule has 1 aromatic heterocycles. The van der Waals surface area contributed by atoms with Gasteiger partial charge in [0.1, 0.15) is 34.4 Å². The number of hydrogen-bond acceptors (Lipinski definition) is 8. The van der Waals surface area contributed by atoms with Crippen molar-refractivity contribution >= 4 is 23.8 Å². The van der Waals surface area contributed by atoms with Gasteiger partial charge in [-0.25, -0.2) is 0 Å². The van der Waals surface area contributed by atoms with Crippen LogP contribution in [0.3, 0.4) is 0 Å². The molecule has 3 rings (SSSR count). The van der Waals surface area contributed by atoms with Gasteiger partial charge in [0.2, 0.25) is 0 Å². The molecule has 38 heavy (non-hydrogen) atoms. The first kappa shape index (κ1) is 30.3. The monoisotopic (exact) mass is 544 g/mol. The van der Waals surface area contributed by atoms with Crippen molar-refractivity contribution in [1.29, 1.82) is 0 Å². The summed E-state index contributed by atoms with van der Waals surface area (Å²) in [6, 6.07) is 7.73. The number of halogens is 1. The molecule has 0 fully saturated rings. The Kier molecular flexibility index (Phi) is 10.8. The number of nitrogens with zero attached hydrogens (tertiary/aromatic N) is 6. The van der Waals surface area contributed by atoms with Gasteiger partial charge in [-0.05, 0) is 24.3 Å². The van der Waals surface area contributed by atoms with Crippen LogP contribution in [0.1, 0.15) is 23.9 Å². The van der Waals surface area contributed by atoms with E-state index in [1.807, 2.05) is 74.6 Å². The van der Waals surface area contributed by atoms with Gasteiger partial charge in [-0.2, -0.15) is 0 Å². The third-order valence-corrected chi connectivity index (χ3v) is 5.76. The normalized spacial score (nSPS) is 11.0. The number of rotatable bonds is 11. The molecule has 0 radical (unpaired) electrons. The second-order valence-electron chi connectivity index (χ2n) is 8.58. The number of ether oxygens (including phenoxy) is 4. The molecule has 0 saturated carbocycles. The van der Waals surface area contributed by atoms with Crippen molar-refractivity contribution in [1.82, 2.24) is 4.68 Å². The van der Waals surface area contributed by atoms with E-state index in [4.69, 9.17) is 18.9 Å². The molecule has 2 aromatic carbocycles. The van der Waals surface area contributed by atoms with Gasteiger partial charge in [0.25, 0.3) is 0 Å². The number of anilines is 2. The quantitative estimate of drug-likeness (QED) is 0.255. The predicted octanol–water partition coefficient (Wildman–Crippen LogP) is 0.273. The van der Waals surface area contributed by atoms with Crippen LogP contribution in [0.2, 0.25) is 0 Å². The summed E-state index contributed by atoms with van der Waals surface area (Å²) in [4.78, 5) is 3.92. The second kappa shape index (κ2) is 13.6. The van der Waals surface area contributed by atoms with E-state index in [1.165, 1.54) is 0 Å². The molecule has 11 heteroatoms. The average Bonchev–Trinajstić information content (AvgIpc) is 3.30. The molecule has 0 aliphatic carbocycles. The van der Waals surface area contributed by atoms with Crippen LogP contribution in [-0.4, -0.2) is 73.7 Å². The molecule has 0 aliphatic rings. The fourth-order valence-electron chi connectivity index (χ4n) is 4.05. The van der Waals surface area contributed by atoms with Crippen molar-refractivity contribution in [3.05, 3.63) is 53.6 Å². The molecule has 10 nitrogen and oxygen atoms in total. The highest BCUT2D eigenvalue weighted by atomic mass is 35.5. The summed E-state index contributed by atoms with van der Waals surface area (Å²) in [5.74, 6) is 3.74. The van der Waals surface area contributed by atoms with Gasteiger partial charge in [-0.15, -0.1) is 9.35 Å². The van der Waals surface area contributed by atoms with Crippen molar-refractivity contribution in [3.8, 4) is 23.0 Å². The van der Waals surface area contributed by atoms with Crippen LogP contribution in [-0.2, 0) is 6.42 Å². The minimum absolute atomic E-state index is 0. The number of imidazole rings is 1. The van der Waals surface area contributed by atoms with E-state index in [2.05, 4.69) is 17.1 Å². The molecule has 3 aromatic rings. The van der Waals surface area contributed by atoms with Crippen LogP contribution in [0.4, 0.5) is 11.4 Å². The number of aromatic nitrogens is 2. The maximum absolute atomic E-state index is 5.58. The Hall–Kier alpha value is -3.92. The van der Waals surface area contributed by atoms with E-state index in [0.29, 0.717) is 23.0 Å². The van der Waals surface area contributed by atoms with Gasteiger partial charge in [0.05, 0.1) is 47.3 Å². The molecular weight excluding hydrogens is 508 g/mol. The number of hydrogen-bond donors (Lipinski definition) is 0. The molecule has 0 N–H and O–H groups in total. The molecule has 206 valence electrons. The van der Waals surface area contributed by atoms with Crippen molar-refractivity contribution in [3.63, 3.8) is 0 Å². The third-order valence-electron chi connectivity index (χ3n) is 5.76. The summed E-state index contributed by atoms with van der Waals surface area (Å²) in [5.41, 5.74) is 3.45. The fourth-order valence-corrected chi connectivity index (χ4v) is 4.05. The summed E-state index contributed by atoms with van der Waals surface area (Å²) in [5, 5.41) is 9.32. The Bertz CT molecular complexity index is 1140. The van der Waals surface area contributed by atoms with Gasteiger partial charge in [0, 0.05) is 39.3 Å². The molecule has 0 atom stereocenters. The molecule has 0 spiro atoms. The third kappa shape index (κ3) is 6.49. The van der Waals surface area contributed by atoms with Crippen molar-refractivity contribution < 1.29 is 36.0 Å². The zero-order chi connectivity index (χ0) is 27.1. The number of methoxy groups -OCH3 is 4. The highest BCUT2D eigenvalue weighted by Gasteiger charge is 2.18. The van der Waals surface area contributed by atoms with E-state index < -0.39 is 0 Å². The van der Waals surface area contributed by atoms with Gasteiger partial charge < -0.3 is 41.2 Å². The Labute approximate surface area is 231 Å². The lowest BCUT2D eigenvalue weighted by Gasteiger charge is -2.20. The molecule has 0 saturated heterocycles. The SMILES string of the molecule is CCc1n(N=Cc2cc(OC)c(N(C)C)c(OC)c2)cc[n+]1N=Cc1cc(OC)c(N(C)C)c(OC)c1.[Cl-].